The van der Waals surface area contributed by atoms with E-state index in [-0.39, 0.29) is 0 Å². The van der Waals surface area contributed by atoms with Gasteiger partial charge in [0.05, 0.1) is 22.6 Å². The average molecular weight is 242 g/mol. The van der Waals surface area contributed by atoms with Crippen LogP contribution in [0.4, 0.5) is 5.95 Å². The molecule has 1 aromatic carbocycles. The Labute approximate surface area is 83.2 Å². The maximum atomic E-state index is 5.51. The lowest BCUT2D eigenvalue weighted by Crippen LogP contribution is -1.84. The molecule has 0 radical (unpaired) electrons. The molecule has 13 heavy (non-hydrogen) atoms. The molecule has 0 fully saturated rings. The molecule has 68 valence electrons. The molecular formula is C8H8BrN3O. The minimum atomic E-state index is 0.412. The van der Waals surface area contributed by atoms with Gasteiger partial charge in [0.1, 0.15) is 5.75 Å². The standard InChI is InChI=1S/C8H8BrN3O/c1-13-7-3-6-5(2-4(7)9)11-8(10)12-6/h2-3H,1H3,(H3,10,11,12). The van der Waals surface area contributed by atoms with E-state index in [2.05, 4.69) is 25.9 Å². The van der Waals surface area contributed by atoms with Gasteiger partial charge in [0.25, 0.3) is 0 Å². The Kier molecular flexibility index (Phi) is 1.88. The smallest absolute Gasteiger partial charge is 0.198 e. The number of ether oxygens (including phenoxy) is 1. The highest BCUT2D eigenvalue weighted by Gasteiger charge is 2.05. The van der Waals surface area contributed by atoms with Crippen molar-refractivity contribution < 1.29 is 4.74 Å². The SMILES string of the molecule is COc1cc2nc(N)[nH]c2cc1Br. The highest BCUT2D eigenvalue weighted by molar-refractivity contribution is 9.10. The molecule has 0 bridgehead atoms. The summed E-state index contributed by atoms with van der Waals surface area (Å²) in [7, 11) is 1.61. The number of aromatic amines is 1. The Bertz CT molecular complexity index is 452. The van der Waals surface area contributed by atoms with Crippen LogP contribution in [-0.2, 0) is 0 Å². The van der Waals surface area contributed by atoms with Crippen LogP contribution in [0, 0.1) is 0 Å². The van der Waals surface area contributed by atoms with Gasteiger partial charge < -0.3 is 15.5 Å². The fraction of sp³-hybridized carbons (Fsp3) is 0.125. The van der Waals surface area contributed by atoms with E-state index >= 15 is 0 Å². The van der Waals surface area contributed by atoms with Gasteiger partial charge in [-0.3, -0.25) is 0 Å². The van der Waals surface area contributed by atoms with Crippen molar-refractivity contribution in [1.29, 1.82) is 0 Å². The zero-order valence-corrected chi connectivity index (χ0v) is 8.55. The van der Waals surface area contributed by atoms with Crippen LogP contribution in [0.5, 0.6) is 5.75 Å². The number of methoxy groups -OCH3 is 1. The Morgan fingerprint density at radius 3 is 3.00 bits per heavy atom. The molecule has 1 aromatic heterocycles. The summed E-state index contributed by atoms with van der Waals surface area (Å²) in [6.07, 6.45) is 0. The molecule has 0 aliphatic rings. The lowest BCUT2D eigenvalue weighted by atomic mass is 10.3. The number of benzene rings is 1. The van der Waals surface area contributed by atoms with Crippen molar-refractivity contribution in [2.45, 2.75) is 0 Å². The summed E-state index contributed by atoms with van der Waals surface area (Å²) < 4.78 is 6.00. The van der Waals surface area contributed by atoms with Crippen LogP contribution in [0.25, 0.3) is 11.0 Å². The van der Waals surface area contributed by atoms with Gasteiger partial charge in [-0.2, -0.15) is 0 Å². The van der Waals surface area contributed by atoms with Crippen LogP contribution in [0.3, 0.4) is 0 Å². The van der Waals surface area contributed by atoms with E-state index in [0.29, 0.717) is 5.95 Å². The summed E-state index contributed by atoms with van der Waals surface area (Å²) in [5.74, 6) is 1.16. The number of nitrogens with zero attached hydrogens (tertiary/aromatic N) is 1. The second-order valence-corrected chi connectivity index (χ2v) is 3.48. The molecule has 0 saturated carbocycles. The average Bonchev–Trinajstić information content (AvgIpc) is 2.42. The molecule has 4 nitrogen and oxygen atoms in total. The summed E-state index contributed by atoms with van der Waals surface area (Å²) in [6, 6.07) is 3.71. The zero-order chi connectivity index (χ0) is 9.42. The Balaban J connectivity index is 2.72. The number of nitrogen functional groups attached to an aromatic ring is 1. The topological polar surface area (TPSA) is 63.9 Å². The number of nitrogens with one attached hydrogen (secondary N) is 1. The highest BCUT2D eigenvalue weighted by atomic mass is 79.9. The summed E-state index contributed by atoms with van der Waals surface area (Å²) in [5.41, 5.74) is 7.21. The molecule has 0 aliphatic carbocycles. The van der Waals surface area contributed by atoms with E-state index in [9.17, 15) is 0 Å². The van der Waals surface area contributed by atoms with Gasteiger partial charge in [0, 0.05) is 6.07 Å². The van der Waals surface area contributed by atoms with Crippen molar-refractivity contribution in [3.05, 3.63) is 16.6 Å². The first kappa shape index (κ1) is 8.37. The van der Waals surface area contributed by atoms with E-state index in [1.165, 1.54) is 0 Å². The first-order chi connectivity index (χ1) is 6.20. The molecule has 0 amide bonds. The second-order valence-electron chi connectivity index (χ2n) is 2.63. The molecule has 0 saturated heterocycles. The summed E-state index contributed by atoms with van der Waals surface area (Å²) in [6.45, 7) is 0. The Morgan fingerprint density at radius 1 is 1.54 bits per heavy atom. The van der Waals surface area contributed by atoms with Crippen molar-refractivity contribution in [3.8, 4) is 5.75 Å². The van der Waals surface area contributed by atoms with E-state index < -0.39 is 0 Å². The third-order valence-corrected chi connectivity index (χ3v) is 2.39. The summed E-state index contributed by atoms with van der Waals surface area (Å²) in [4.78, 5) is 7.02. The monoisotopic (exact) mass is 241 g/mol. The van der Waals surface area contributed by atoms with Crippen LogP contribution in [-0.4, -0.2) is 17.1 Å². The maximum absolute atomic E-state index is 5.51. The number of fused-ring (bicyclic) bond motifs is 1. The molecule has 2 aromatic rings. The fourth-order valence-corrected chi connectivity index (χ4v) is 1.69. The first-order valence-electron chi connectivity index (χ1n) is 3.69. The van der Waals surface area contributed by atoms with Gasteiger partial charge in [-0.1, -0.05) is 0 Å². The molecule has 0 spiro atoms. The van der Waals surface area contributed by atoms with Crippen molar-refractivity contribution in [2.24, 2.45) is 0 Å². The van der Waals surface area contributed by atoms with Crippen molar-refractivity contribution in [2.75, 3.05) is 12.8 Å². The molecule has 3 N–H and O–H groups in total. The first-order valence-corrected chi connectivity index (χ1v) is 4.48. The zero-order valence-electron chi connectivity index (χ0n) is 6.97. The van der Waals surface area contributed by atoms with Crippen LogP contribution in [0.1, 0.15) is 0 Å². The van der Waals surface area contributed by atoms with Crippen LogP contribution < -0.4 is 10.5 Å². The number of hydrogen-bond donors (Lipinski definition) is 2. The summed E-state index contributed by atoms with van der Waals surface area (Å²) >= 11 is 3.37. The molecule has 2 rings (SSSR count). The fourth-order valence-electron chi connectivity index (χ4n) is 1.19. The third kappa shape index (κ3) is 1.35. The maximum Gasteiger partial charge on any atom is 0.198 e. The number of imidazole rings is 1. The largest absolute Gasteiger partial charge is 0.495 e. The van der Waals surface area contributed by atoms with Crippen LogP contribution in [0.2, 0.25) is 0 Å². The van der Waals surface area contributed by atoms with Gasteiger partial charge in [0.2, 0.25) is 0 Å². The van der Waals surface area contributed by atoms with Gasteiger partial charge in [-0.05, 0) is 22.0 Å². The number of hydrogen-bond acceptors (Lipinski definition) is 3. The number of halogens is 1. The second kappa shape index (κ2) is 2.92. The normalized spacial score (nSPS) is 10.6. The third-order valence-electron chi connectivity index (χ3n) is 1.77. The molecule has 5 heteroatoms. The quantitative estimate of drug-likeness (QED) is 0.802. The number of H-pyrrole nitrogens is 1. The van der Waals surface area contributed by atoms with Crippen molar-refractivity contribution in [3.63, 3.8) is 0 Å². The van der Waals surface area contributed by atoms with E-state index in [1.54, 1.807) is 7.11 Å². The Hall–Kier alpha value is -1.23. The van der Waals surface area contributed by atoms with E-state index in [0.717, 1.165) is 21.3 Å². The van der Waals surface area contributed by atoms with Crippen molar-refractivity contribution in [1.82, 2.24) is 9.97 Å². The minimum absolute atomic E-state index is 0.412. The molecule has 1 heterocycles. The van der Waals surface area contributed by atoms with E-state index in [4.69, 9.17) is 10.5 Å². The molecular weight excluding hydrogens is 234 g/mol. The predicted molar refractivity (Wildman–Crippen MR) is 54.8 cm³/mol. The highest BCUT2D eigenvalue weighted by Crippen LogP contribution is 2.29. The van der Waals surface area contributed by atoms with E-state index in [1.807, 2.05) is 12.1 Å². The lowest BCUT2D eigenvalue weighted by Gasteiger charge is -2.01. The number of aromatic nitrogens is 2. The molecule has 0 aliphatic heterocycles. The number of nitrogens with two attached hydrogens (primary N) is 1. The van der Waals surface area contributed by atoms with Gasteiger partial charge >= 0.3 is 0 Å². The predicted octanol–water partition coefficient (Wildman–Crippen LogP) is 1.92. The van der Waals surface area contributed by atoms with Gasteiger partial charge in [0.15, 0.2) is 5.95 Å². The molecule has 0 unspecified atom stereocenters. The van der Waals surface area contributed by atoms with Crippen LogP contribution in [0.15, 0.2) is 16.6 Å². The number of anilines is 1. The minimum Gasteiger partial charge on any atom is -0.495 e. The van der Waals surface area contributed by atoms with Crippen LogP contribution >= 0.6 is 15.9 Å². The lowest BCUT2D eigenvalue weighted by molar-refractivity contribution is 0.412. The Morgan fingerprint density at radius 2 is 2.31 bits per heavy atom. The summed E-state index contributed by atoms with van der Waals surface area (Å²) in [5, 5.41) is 0. The molecule has 0 atom stereocenters. The number of rotatable bonds is 1. The van der Waals surface area contributed by atoms with Gasteiger partial charge in [-0.15, -0.1) is 0 Å². The van der Waals surface area contributed by atoms with Gasteiger partial charge in [-0.25, -0.2) is 4.98 Å². The van der Waals surface area contributed by atoms with Crippen molar-refractivity contribution >= 4 is 32.9 Å².